The van der Waals surface area contributed by atoms with Crippen LogP contribution in [0.25, 0.3) is 0 Å². The van der Waals surface area contributed by atoms with Gasteiger partial charge in [-0.25, -0.2) is 0 Å². The zero-order valence-electron chi connectivity index (χ0n) is 15.7. The Balaban J connectivity index is 1.50. The number of carbonyl (C=O) groups excluding carboxylic acids is 2. The van der Waals surface area contributed by atoms with E-state index in [9.17, 15) is 9.59 Å². The lowest BCUT2D eigenvalue weighted by Gasteiger charge is -2.22. The topological polar surface area (TPSA) is 105 Å². The zero-order chi connectivity index (χ0) is 19.7. The first-order valence-corrected chi connectivity index (χ1v) is 9.47. The van der Waals surface area contributed by atoms with E-state index in [4.69, 9.17) is 10.5 Å². The maximum absolute atomic E-state index is 12.9. The van der Waals surface area contributed by atoms with Crippen LogP contribution in [0.15, 0.2) is 42.5 Å². The van der Waals surface area contributed by atoms with Gasteiger partial charge in [-0.2, -0.15) is 0 Å². The van der Waals surface area contributed by atoms with Crippen LogP contribution < -0.4 is 26.4 Å². The van der Waals surface area contributed by atoms with Crippen LogP contribution in [0.2, 0.25) is 0 Å². The predicted octanol–water partition coefficient (Wildman–Crippen LogP) is 1.85. The Morgan fingerprint density at radius 2 is 2.07 bits per heavy atom. The molecule has 0 aliphatic carbocycles. The van der Waals surface area contributed by atoms with Crippen molar-refractivity contribution in [2.75, 3.05) is 30.3 Å². The first kappa shape index (κ1) is 18.3. The minimum absolute atomic E-state index is 0.0722. The molecule has 2 aliphatic rings. The molecule has 7 nitrogen and oxygen atoms in total. The molecule has 2 aromatic carbocycles. The largest absolute Gasteiger partial charge is 0.492 e. The summed E-state index contributed by atoms with van der Waals surface area (Å²) in [6.07, 6.45) is 0.714. The van der Waals surface area contributed by atoms with Crippen molar-refractivity contribution in [2.24, 2.45) is 5.73 Å². The standard InChI is InChI=1S/C21H24N4O3/c1-2-28-18-9-13(19(22)26)7-8-16(18)25-20(27)17-10-21(12-24-17)11-23-15-6-4-3-5-14(15)21/h3-9,17,23-24H,2,10-12H2,1H3,(H2,22,26)(H,25,27). The molecule has 5 N–H and O–H groups in total. The summed E-state index contributed by atoms with van der Waals surface area (Å²) in [5, 5.41) is 9.75. The summed E-state index contributed by atoms with van der Waals surface area (Å²) in [6, 6.07) is 12.7. The third kappa shape index (κ3) is 3.18. The number of primary amides is 1. The second kappa shape index (κ2) is 7.16. The van der Waals surface area contributed by atoms with E-state index < -0.39 is 5.91 Å². The molecule has 2 heterocycles. The van der Waals surface area contributed by atoms with Gasteiger partial charge in [0.1, 0.15) is 5.75 Å². The van der Waals surface area contributed by atoms with E-state index in [-0.39, 0.29) is 17.4 Å². The molecule has 1 saturated heterocycles. The van der Waals surface area contributed by atoms with Gasteiger partial charge in [-0.05, 0) is 43.2 Å². The molecule has 0 bridgehead atoms. The van der Waals surface area contributed by atoms with E-state index in [2.05, 4.69) is 28.1 Å². The fourth-order valence-electron chi connectivity index (χ4n) is 4.11. The van der Waals surface area contributed by atoms with Crippen molar-refractivity contribution in [1.29, 1.82) is 0 Å². The van der Waals surface area contributed by atoms with Gasteiger partial charge < -0.3 is 26.4 Å². The molecule has 146 valence electrons. The molecule has 2 aliphatic heterocycles. The maximum Gasteiger partial charge on any atom is 0.248 e. The Morgan fingerprint density at radius 3 is 2.86 bits per heavy atom. The highest BCUT2D eigenvalue weighted by atomic mass is 16.5. The lowest BCUT2D eigenvalue weighted by Crippen LogP contribution is -2.35. The number of rotatable bonds is 5. The summed E-state index contributed by atoms with van der Waals surface area (Å²) in [4.78, 5) is 24.3. The van der Waals surface area contributed by atoms with Crippen LogP contribution in [0.4, 0.5) is 11.4 Å². The van der Waals surface area contributed by atoms with Crippen molar-refractivity contribution in [3.8, 4) is 5.75 Å². The van der Waals surface area contributed by atoms with Gasteiger partial charge in [0.15, 0.2) is 0 Å². The van der Waals surface area contributed by atoms with Crippen molar-refractivity contribution >= 4 is 23.2 Å². The van der Waals surface area contributed by atoms with Crippen molar-refractivity contribution in [3.05, 3.63) is 53.6 Å². The highest BCUT2D eigenvalue weighted by Crippen LogP contribution is 2.42. The van der Waals surface area contributed by atoms with E-state index in [0.29, 0.717) is 30.0 Å². The van der Waals surface area contributed by atoms with E-state index in [1.165, 1.54) is 5.56 Å². The maximum atomic E-state index is 12.9. The van der Waals surface area contributed by atoms with Crippen molar-refractivity contribution in [1.82, 2.24) is 5.32 Å². The molecule has 2 amide bonds. The molecule has 1 spiro atoms. The molecular formula is C21H24N4O3. The fraction of sp³-hybridized carbons (Fsp3) is 0.333. The van der Waals surface area contributed by atoms with Gasteiger partial charge >= 0.3 is 0 Å². The van der Waals surface area contributed by atoms with Crippen LogP contribution in [-0.2, 0) is 10.2 Å². The average Bonchev–Trinajstić information content (AvgIpc) is 3.29. The lowest BCUT2D eigenvalue weighted by atomic mass is 9.80. The number of para-hydroxylation sites is 1. The van der Waals surface area contributed by atoms with Crippen LogP contribution in [0, 0.1) is 0 Å². The summed E-state index contributed by atoms with van der Waals surface area (Å²) >= 11 is 0. The number of benzene rings is 2. The highest BCUT2D eigenvalue weighted by molar-refractivity contribution is 5.98. The second-order valence-corrected chi connectivity index (χ2v) is 7.31. The van der Waals surface area contributed by atoms with E-state index in [1.54, 1.807) is 18.2 Å². The molecule has 0 saturated carbocycles. The molecule has 2 atom stereocenters. The summed E-state index contributed by atoms with van der Waals surface area (Å²) in [7, 11) is 0. The third-order valence-corrected chi connectivity index (χ3v) is 5.54. The zero-order valence-corrected chi connectivity index (χ0v) is 15.7. The second-order valence-electron chi connectivity index (χ2n) is 7.31. The summed E-state index contributed by atoms with van der Waals surface area (Å²) in [5.41, 5.74) is 8.54. The Morgan fingerprint density at radius 1 is 1.25 bits per heavy atom. The first-order chi connectivity index (χ1) is 13.5. The normalized spacial score (nSPS) is 22.5. The number of amides is 2. The van der Waals surface area contributed by atoms with Gasteiger partial charge in [0.05, 0.1) is 18.3 Å². The van der Waals surface area contributed by atoms with Gasteiger partial charge in [-0.3, -0.25) is 9.59 Å². The van der Waals surface area contributed by atoms with E-state index in [1.807, 2.05) is 19.1 Å². The number of ether oxygens (including phenoxy) is 1. The molecule has 4 rings (SSSR count). The molecule has 1 fully saturated rings. The van der Waals surface area contributed by atoms with Gasteiger partial charge in [0.25, 0.3) is 0 Å². The Bertz CT molecular complexity index is 930. The monoisotopic (exact) mass is 380 g/mol. The molecular weight excluding hydrogens is 356 g/mol. The number of carbonyl (C=O) groups is 2. The molecule has 7 heteroatoms. The lowest BCUT2D eigenvalue weighted by molar-refractivity contribution is -0.117. The van der Waals surface area contributed by atoms with E-state index in [0.717, 1.165) is 18.8 Å². The van der Waals surface area contributed by atoms with E-state index >= 15 is 0 Å². The molecule has 2 unspecified atom stereocenters. The minimum Gasteiger partial charge on any atom is -0.492 e. The predicted molar refractivity (Wildman–Crippen MR) is 108 cm³/mol. The summed E-state index contributed by atoms with van der Waals surface area (Å²) < 4.78 is 5.58. The number of fused-ring (bicyclic) bond motifs is 2. The Kier molecular flexibility index (Phi) is 4.68. The van der Waals surface area contributed by atoms with Gasteiger partial charge in [-0.1, -0.05) is 18.2 Å². The highest BCUT2D eigenvalue weighted by Gasteiger charge is 2.46. The number of nitrogens with one attached hydrogen (secondary N) is 3. The number of nitrogens with two attached hydrogens (primary N) is 1. The van der Waals surface area contributed by atoms with Crippen molar-refractivity contribution < 1.29 is 14.3 Å². The number of hydrogen-bond acceptors (Lipinski definition) is 5. The van der Waals surface area contributed by atoms with Gasteiger partial charge in [-0.15, -0.1) is 0 Å². The van der Waals surface area contributed by atoms with Crippen LogP contribution in [-0.4, -0.2) is 37.6 Å². The quantitative estimate of drug-likeness (QED) is 0.634. The number of hydrogen-bond donors (Lipinski definition) is 4. The van der Waals surface area contributed by atoms with Gasteiger partial charge in [0, 0.05) is 29.8 Å². The summed E-state index contributed by atoms with van der Waals surface area (Å²) in [6.45, 7) is 3.82. The molecule has 0 radical (unpaired) electrons. The number of anilines is 2. The SMILES string of the molecule is CCOc1cc(C(N)=O)ccc1NC(=O)C1CC2(CNc3ccccc32)CN1. The van der Waals surface area contributed by atoms with Gasteiger partial charge in [0.2, 0.25) is 11.8 Å². The smallest absolute Gasteiger partial charge is 0.248 e. The van der Waals surface area contributed by atoms with Crippen molar-refractivity contribution in [2.45, 2.75) is 24.8 Å². The Labute approximate surface area is 163 Å². The Hall–Kier alpha value is -3.06. The first-order valence-electron chi connectivity index (χ1n) is 9.47. The third-order valence-electron chi connectivity index (χ3n) is 5.54. The molecule has 2 aromatic rings. The average molecular weight is 380 g/mol. The van der Waals surface area contributed by atoms with Crippen LogP contribution >= 0.6 is 0 Å². The molecule has 28 heavy (non-hydrogen) atoms. The minimum atomic E-state index is -0.536. The molecule has 0 aromatic heterocycles. The fourth-order valence-corrected chi connectivity index (χ4v) is 4.11. The van der Waals surface area contributed by atoms with Crippen LogP contribution in [0.3, 0.4) is 0 Å². The van der Waals surface area contributed by atoms with Crippen LogP contribution in [0.5, 0.6) is 5.75 Å². The van der Waals surface area contributed by atoms with Crippen LogP contribution in [0.1, 0.15) is 29.3 Å². The summed E-state index contributed by atoms with van der Waals surface area (Å²) in [5.74, 6) is -0.215. The van der Waals surface area contributed by atoms with Crippen molar-refractivity contribution in [3.63, 3.8) is 0 Å².